The van der Waals surface area contributed by atoms with Gasteiger partial charge in [-0.15, -0.1) is 0 Å². The number of rotatable bonds is 8. The highest BCUT2D eigenvalue weighted by molar-refractivity contribution is 5.95. The average molecular weight is 329 g/mol. The third-order valence-corrected chi connectivity index (χ3v) is 3.44. The molecule has 24 heavy (non-hydrogen) atoms. The smallest absolute Gasteiger partial charge is 0.251 e. The maximum atomic E-state index is 12.4. The summed E-state index contributed by atoms with van der Waals surface area (Å²) >= 11 is 0. The van der Waals surface area contributed by atoms with Crippen LogP contribution in [-0.4, -0.2) is 30.6 Å². The molecule has 6 heteroatoms. The number of amides is 1. The lowest BCUT2D eigenvalue weighted by molar-refractivity contribution is -0.240. The van der Waals surface area contributed by atoms with E-state index in [1.54, 1.807) is 30.5 Å². The Balaban J connectivity index is 2.20. The number of carbonyl (C=O) groups is 1. The van der Waals surface area contributed by atoms with Gasteiger partial charge in [0.1, 0.15) is 5.69 Å². The number of nitrogen functional groups attached to an aromatic ring is 1. The molecule has 1 amide bonds. The van der Waals surface area contributed by atoms with Gasteiger partial charge in [-0.2, -0.15) is 0 Å². The van der Waals surface area contributed by atoms with Gasteiger partial charge in [0.2, 0.25) is 5.79 Å². The fourth-order valence-corrected chi connectivity index (χ4v) is 2.42. The van der Waals surface area contributed by atoms with Gasteiger partial charge in [-0.3, -0.25) is 9.78 Å². The molecule has 3 N–H and O–H groups in total. The van der Waals surface area contributed by atoms with Crippen LogP contribution in [0.1, 0.15) is 29.9 Å². The van der Waals surface area contributed by atoms with Crippen molar-refractivity contribution in [3.8, 4) is 0 Å². The first-order chi connectivity index (χ1) is 11.6. The molecule has 0 saturated carbocycles. The molecule has 0 unspecified atom stereocenters. The molecule has 0 aliphatic carbocycles. The molecule has 1 aromatic carbocycles. The van der Waals surface area contributed by atoms with Crippen molar-refractivity contribution in [1.29, 1.82) is 0 Å². The summed E-state index contributed by atoms with van der Waals surface area (Å²) in [4.78, 5) is 16.7. The zero-order valence-corrected chi connectivity index (χ0v) is 14.0. The Kier molecular flexibility index (Phi) is 6.28. The Morgan fingerprint density at radius 3 is 2.50 bits per heavy atom. The summed E-state index contributed by atoms with van der Waals surface area (Å²) in [5.74, 6) is -1.37. The van der Waals surface area contributed by atoms with Crippen molar-refractivity contribution in [3.63, 3.8) is 0 Å². The van der Waals surface area contributed by atoms with Crippen molar-refractivity contribution in [2.45, 2.75) is 19.6 Å². The molecule has 6 nitrogen and oxygen atoms in total. The topological polar surface area (TPSA) is 86.5 Å². The largest absolute Gasteiger partial charge is 0.399 e. The van der Waals surface area contributed by atoms with Crippen molar-refractivity contribution in [2.24, 2.45) is 0 Å². The minimum Gasteiger partial charge on any atom is -0.399 e. The summed E-state index contributed by atoms with van der Waals surface area (Å²) in [6, 6.07) is 12.3. The second kappa shape index (κ2) is 8.42. The predicted octanol–water partition coefficient (Wildman–Crippen LogP) is 2.32. The molecule has 1 heterocycles. The Morgan fingerprint density at radius 1 is 1.17 bits per heavy atom. The first kappa shape index (κ1) is 17.9. The van der Waals surface area contributed by atoms with Gasteiger partial charge in [-0.25, -0.2) is 0 Å². The van der Waals surface area contributed by atoms with Crippen LogP contribution in [0.2, 0.25) is 0 Å². The van der Waals surface area contributed by atoms with Gasteiger partial charge in [0.05, 0.1) is 6.54 Å². The van der Waals surface area contributed by atoms with Crippen LogP contribution in [-0.2, 0) is 15.3 Å². The van der Waals surface area contributed by atoms with Crippen LogP contribution in [0.5, 0.6) is 0 Å². The second-order valence-corrected chi connectivity index (χ2v) is 5.14. The van der Waals surface area contributed by atoms with Gasteiger partial charge >= 0.3 is 0 Å². The number of nitrogens with one attached hydrogen (secondary N) is 1. The van der Waals surface area contributed by atoms with E-state index in [4.69, 9.17) is 15.2 Å². The zero-order valence-electron chi connectivity index (χ0n) is 14.0. The van der Waals surface area contributed by atoms with E-state index < -0.39 is 5.79 Å². The summed E-state index contributed by atoms with van der Waals surface area (Å²) in [7, 11) is 0. The Labute approximate surface area is 142 Å². The Morgan fingerprint density at radius 2 is 1.92 bits per heavy atom. The summed E-state index contributed by atoms with van der Waals surface area (Å²) in [5.41, 5.74) is 7.36. The van der Waals surface area contributed by atoms with Gasteiger partial charge in [-0.1, -0.05) is 12.1 Å². The van der Waals surface area contributed by atoms with E-state index in [1.165, 1.54) is 0 Å². The number of pyridine rings is 1. The van der Waals surface area contributed by atoms with Crippen LogP contribution in [0.4, 0.5) is 5.69 Å². The number of anilines is 1. The number of nitrogens with two attached hydrogens (primary N) is 1. The van der Waals surface area contributed by atoms with Crippen LogP contribution in [0.15, 0.2) is 48.7 Å². The van der Waals surface area contributed by atoms with E-state index in [1.807, 2.05) is 32.0 Å². The van der Waals surface area contributed by atoms with Crippen molar-refractivity contribution < 1.29 is 14.3 Å². The molecule has 0 spiro atoms. The minimum atomic E-state index is -1.12. The SMILES string of the molecule is CCOC(CNC(=O)c1cccc(N)c1)(OCC)c1ccccn1. The average Bonchev–Trinajstić information content (AvgIpc) is 2.60. The van der Waals surface area contributed by atoms with Gasteiger partial charge in [0.25, 0.3) is 5.91 Å². The van der Waals surface area contributed by atoms with E-state index >= 15 is 0 Å². The molecular formula is C18H23N3O3. The number of carbonyl (C=O) groups excluding carboxylic acids is 1. The molecular weight excluding hydrogens is 306 g/mol. The highest BCUT2D eigenvalue weighted by atomic mass is 16.7. The lowest BCUT2D eigenvalue weighted by Crippen LogP contribution is -2.45. The monoisotopic (exact) mass is 329 g/mol. The molecule has 0 aliphatic heterocycles. The van der Waals surface area contributed by atoms with Crippen LogP contribution < -0.4 is 11.1 Å². The van der Waals surface area contributed by atoms with Crippen LogP contribution in [0.25, 0.3) is 0 Å². The van der Waals surface area contributed by atoms with Gasteiger partial charge < -0.3 is 20.5 Å². The molecule has 0 radical (unpaired) electrons. The van der Waals surface area contributed by atoms with E-state index in [9.17, 15) is 4.79 Å². The fourth-order valence-electron chi connectivity index (χ4n) is 2.42. The minimum absolute atomic E-state index is 0.138. The van der Waals surface area contributed by atoms with Gasteiger partial charge in [0, 0.05) is 30.7 Å². The Hall–Kier alpha value is -2.44. The third-order valence-electron chi connectivity index (χ3n) is 3.44. The standard InChI is InChI=1S/C18H23N3O3/c1-3-23-18(24-4-2,16-10-5-6-11-20-16)13-21-17(22)14-8-7-9-15(19)12-14/h5-12H,3-4,13,19H2,1-2H3,(H,21,22). The molecule has 1 aromatic heterocycles. The maximum absolute atomic E-state index is 12.4. The summed E-state index contributed by atoms with van der Waals surface area (Å²) in [6.07, 6.45) is 1.67. The van der Waals surface area contributed by atoms with E-state index in [2.05, 4.69) is 10.3 Å². The van der Waals surface area contributed by atoms with Crippen LogP contribution >= 0.6 is 0 Å². The number of hydrogen-bond acceptors (Lipinski definition) is 5. The molecule has 0 atom stereocenters. The van der Waals surface area contributed by atoms with Crippen LogP contribution in [0.3, 0.4) is 0 Å². The molecule has 0 fully saturated rings. The number of aromatic nitrogens is 1. The van der Waals surface area contributed by atoms with Crippen molar-refractivity contribution >= 4 is 11.6 Å². The van der Waals surface area contributed by atoms with Crippen molar-refractivity contribution in [3.05, 3.63) is 59.9 Å². The summed E-state index contributed by atoms with van der Waals surface area (Å²) < 4.78 is 11.7. The fraction of sp³-hybridized carbons (Fsp3) is 0.333. The number of ether oxygens (including phenoxy) is 2. The first-order valence-electron chi connectivity index (χ1n) is 7.94. The normalized spacial score (nSPS) is 11.2. The quantitative estimate of drug-likeness (QED) is 0.573. The highest BCUT2D eigenvalue weighted by Gasteiger charge is 2.36. The lowest BCUT2D eigenvalue weighted by Gasteiger charge is -2.32. The van der Waals surface area contributed by atoms with Crippen molar-refractivity contribution in [1.82, 2.24) is 10.3 Å². The second-order valence-electron chi connectivity index (χ2n) is 5.14. The highest BCUT2D eigenvalue weighted by Crippen LogP contribution is 2.25. The summed E-state index contributed by atoms with van der Waals surface area (Å²) in [6.45, 7) is 4.72. The molecule has 2 aromatic rings. The third kappa shape index (κ3) is 4.31. The van der Waals surface area contributed by atoms with Gasteiger partial charge in [0.15, 0.2) is 0 Å². The maximum Gasteiger partial charge on any atom is 0.251 e. The molecule has 0 aliphatic rings. The lowest BCUT2D eigenvalue weighted by atomic mass is 10.1. The summed E-state index contributed by atoms with van der Waals surface area (Å²) in [5, 5.41) is 2.85. The van der Waals surface area contributed by atoms with E-state index in [0.717, 1.165) is 0 Å². The first-order valence-corrected chi connectivity index (χ1v) is 7.94. The van der Waals surface area contributed by atoms with E-state index in [-0.39, 0.29) is 12.5 Å². The number of nitrogens with zero attached hydrogens (tertiary/aromatic N) is 1. The zero-order chi connectivity index (χ0) is 17.4. The van der Waals surface area contributed by atoms with Crippen molar-refractivity contribution in [2.75, 3.05) is 25.5 Å². The number of benzene rings is 1. The predicted molar refractivity (Wildman–Crippen MR) is 92.4 cm³/mol. The van der Waals surface area contributed by atoms with Gasteiger partial charge in [-0.05, 0) is 44.2 Å². The molecule has 2 rings (SSSR count). The van der Waals surface area contributed by atoms with E-state index in [0.29, 0.717) is 30.2 Å². The Bertz CT molecular complexity index is 656. The molecule has 128 valence electrons. The molecule has 0 saturated heterocycles. The van der Waals surface area contributed by atoms with Crippen LogP contribution in [0, 0.1) is 0 Å². The number of hydrogen-bond donors (Lipinski definition) is 2. The molecule has 0 bridgehead atoms.